The fourth-order valence-corrected chi connectivity index (χ4v) is 1.68. The molecule has 10 heavy (non-hydrogen) atoms. The van der Waals surface area contributed by atoms with Crippen LogP contribution in [-0.2, 0) is 0 Å². The van der Waals surface area contributed by atoms with Crippen molar-refractivity contribution in [3.05, 3.63) is 0 Å². The maximum absolute atomic E-state index is 9.35. The lowest BCUT2D eigenvalue weighted by Crippen LogP contribution is -2.29. The smallest absolute Gasteiger partial charge is 0.0545 e. The van der Waals surface area contributed by atoms with Crippen molar-refractivity contribution in [2.75, 3.05) is 0 Å². The van der Waals surface area contributed by atoms with Crippen LogP contribution in [0, 0.1) is 11.3 Å². The van der Waals surface area contributed by atoms with Crippen molar-refractivity contribution in [1.82, 2.24) is 0 Å². The van der Waals surface area contributed by atoms with E-state index in [0.29, 0.717) is 5.92 Å². The van der Waals surface area contributed by atoms with Gasteiger partial charge in [-0.1, -0.05) is 34.1 Å². The molecule has 0 bridgehead atoms. The summed E-state index contributed by atoms with van der Waals surface area (Å²) in [6.07, 6.45) is 0.881. The molecule has 0 fully saturated rings. The molecule has 1 nitrogen and oxygen atoms in total. The van der Waals surface area contributed by atoms with E-state index in [1.54, 1.807) is 0 Å². The Bertz CT molecular complexity index is 89.4. The van der Waals surface area contributed by atoms with Gasteiger partial charge in [0.2, 0.25) is 0 Å². The van der Waals surface area contributed by atoms with Crippen LogP contribution in [0.1, 0.15) is 41.0 Å². The van der Waals surface area contributed by atoms with Gasteiger partial charge in [0.05, 0.1) is 6.10 Å². The van der Waals surface area contributed by atoms with Crippen molar-refractivity contribution in [3.8, 4) is 0 Å². The number of aliphatic hydroxyl groups is 1. The minimum atomic E-state index is -0.176. The first-order valence-electron chi connectivity index (χ1n) is 4.07. The monoisotopic (exact) mass is 144 g/mol. The third kappa shape index (κ3) is 2.70. The second kappa shape index (κ2) is 3.38. The Balaban J connectivity index is 4.07. The van der Waals surface area contributed by atoms with Crippen LogP contribution in [0.2, 0.25) is 0 Å². The van der Waals surface area contributed by atoms with Crippen LogP contribution in [0.25, 0.3) is 0 Å². The van der Waals surface area contributed by atoms with Crippen molar-refractivity contribution in [3.63, 3.8) is 0 Å². The molecular weight excluding hydrogens is 124 g/mol. The molecule has 0 amide bonds. The predicted octanol–water partition coefficient (Wildman–Crippen LogP) is 2.44. The van der Waals surface area contributed by atoms with Gasteiger partial charge in [-0.15, -0.1) is 0 Å². The van der Waals surface area contributed by atoms with Gasteiger partial charge in [-0.3, -0.25) is 0 Å². The van der Waals surface area contributed by atoms with Gasteiger partial charge in [0.15, 0.2) is 0 Å². The van der Waals surface area contributed by atoms with Crippen molar-refractivity contribution in [2.45, 2.75) is 47.1 Å². The lowest BCUT2D eigenvalue weighted by molar-refractivity contribution is 0.0538. The molecule has 1 N–H and O–H groups in total. The van der Waals surface area contributed by atoms with Crippen molar-refractivity contribution < 1.29 is 5.11 Å². The van der Waals surface area contributed by atoms with E-state index in [1.165, 1.54) is 0 Å². The molecule has 0 saturated carbocycles. The van der Waals surface area contributed by atoms with E-state index in [1.807, 2.05) is 6.92 Å². The largest absolute Gasteiger partial charge is 0.393 e. The Kier molecular flexibility index (Phi) is 3.37. The van der Waals surface area contributed by atoms with Crippen LogP contribution in [0.15, 0.2) is 0 Å². The zero-order valence-corrected chi connectivity index (χ0v) is 7.81. The summed E-state index contributed by atoms with van der Waals surface area (Å²) in [5.74, 6) is 0.424. The van der Waals surface area contributed by atoms with Crippen LogP contribution in [0.3, 0.4) is 0 Å². The van der Waals surface area contributed by atoms with Gasteiger partial charge in [0, 0.05) is 0 Å². The molecule has 0 saturated heterocycles. The Morgan fingerprint density at radius 1 is 1.30 bits per heavy atom. The normalized spacial score (nSPS) is 18.6. The first-order valence-corrected chi connectivity index (χ1v) is 4.07. The van der Waals surface area contributed by atoms with Gasteiger partial charge in [-0.2, -0.15) is 0 Å². The lowest BCUT2D eigenvalue weighted by atomic mass is 9.76. The highest BCUT2D eigenvalue weighted by Crippen LogP contribution is 2.30. The van der Waals surface area contributed by atoms with E-state index in [4.69, 9.17) is 0 Å². The summed E-state index contributed by atoms with van der Waals surface area (Å²) in [6, 6.07) is 0. The van der Waals surface area contributed by atoms with Gasteiger partial charge in [-0.25, -0.2) is 0 Å². The quantitative estimate of drug-likeness (QED) is 0.631. The van der Waals surface area contributed by atoms with Gasteiger partial charge in [0.25, 0.3) is 0 Å². The Labute approximate surface area is 64.5 Å². The highest BCUT2D eigenvalue weighted by Gasteiger charge is 2.26. The van der Waals surface area contributed by atoms with E-state index >= 15 is 0 Å². The van der Waals surface area contributed by atoms with E-state index < -0.39 is 0 Å². The van der Waals surface area contributed by atoms with E-state index in [2.05, 4.69) is 27.7 Å². The summed E-state index contributed by atoms with van der Waals surface area (Å²) in [4.78, 5) is 0. The number of rotatable bonds is 2. The maximum Gasteiger partial charge on any atom is 0.0545 e. The lowest BCUT2D eigenvalue weighted by Gasteiger charge is -2.31. The topological polar surface area (TPSA) is 20.2 Å². The third-order valence-corrected chi connectivity index (χ3v) is 2.13. The zero-order chi connectivity index (χ0) is 8.36. The summed E-state index contributed by atoms with van der Waals surface area (Å²) in [5, 5.41) is 9.35. The predicted molar refractivity (Wildman–Crippen MR) is 44.9 cm³/mol. The summed E-state index contributed by atoms with van der Waals surface area (Å²) in [7, 11) is 0. The van der Waals surface area contributed by atoms with Crippen molar-refractivity contribution >= 4 is 0 Å². The summed E-state index contributed by atoms with van der Waals surface area (Å²) in [5.41, 5.74) is 0.239. The molecular formula is C9H20O. The summed E-state index contributed by atoms with van der Waals surface area (Å²) in [6.45, 7) is 10.5. The molecule has 1 heteroatoms. The SMILES string of the molecule is CC[C@@H](C(C)O)C(C)(C)C. The highest BCUT2D eigenvalue weighted by atomic mass is 16.3. The Hall–Kier alpha value is -0.0400. The Morgan fingerprint density at radius 3 is 1.70 bits per heavy atom. The van der Waals surface area contributed by atoms with Crippen LogP contribution in [0.4, 0.5) is 0 Å². The summed E-state index contributed by atoms with van der Waals surface area (Å²) < 4.78 is 0. The molecule has 0 aliphatic rings. The van der Waals surface area contributed by atoms with Gasteiger partial charge in [0.1, 0.15) is 0 Å². The van der Waals surface area contributed by atoms with Crippen LogP contribution in [-0.4, -0.2) is 11.2 Å². The molecule has 0 aliphatic carbocycles. The third-order valence-electron chi connectivity index (χ3n) is 2.13. The molecule has 0 aromatic carbocycles. The molecule has 0 rings (SSSR count). The second-order valence-corrected chi connectivity index (χ2v) is 4.12. The number of aliphatic hydroxyl groups excluding tert-OH is 1. The molecule has 0 aliphatic heterocycles. The van der Waals surface area contributed by atoms with Crippen molar-refractivity contribution in [1.29, 1.82) is 0 Å². The average molecular weight is 144 g/mol. The number of hydrogen-bond donors (Lipinski definition) is 1. The molecule has 62 valence electrons. The van der Waals surface area contributed by atoms with E-state index in [-0.39, 0.29) is 11.5 Å². The number of hydrogen-bond acceptors (Lipinski definition) is 1. The Morgan fingerprint density at radius 2 is 1.70 bits per heavy atom. The minimum absolute atomic E-state index is 0.176. The molecule has 0 heterocycles. The molecule has 1 unspecified atom stereocenters. The highest BCUT2D eigenvalue weighted by molar-refractivity contribution is 4.76. The van der Waals surface area contributed by atoms with E-state index in [0.717, 1.165) is 6.42 Å². The van der Waals surface area contributed by atoms with Crippen LogP contribution >= 0.6 is 0 Å². The maximum atomic E-state index is 9.35. The minimum Gasteiger partial charge on any atom is -0.393 e. The zero-order valence-electron chi connectivity index (χ0n) is 7.81. The van der Waals surface area contributed by atoms with Crippen molar-refractivity contribution in [2.24, 2.45) is 11.3 Å². The van der Waals surface area contributed by atoms with Gasteiger partial charge >= 0.3 is 0 Å². The average Bonchev–Trinajstić information content (AvgIpc) is 1.60. The molecule has 0 spiro atoms. The fourth-order valence-electron chi connectivity index (χ4n) is 1.68. The second-order valence-electron chi connectivity index (χ2n) is 4.12. The first-order chi connectivity index (χ1) is 4.39. The molecule has 0 aromatic rings. The fraction of sp³-hybridized carbons (Fsp3) is 1.00. The van der Waals surface area contributed by atoms with Gasteiger partial charge < -0.3 is 5.11 Å². The van der Waals surface area contributed by atoms with Crippen LogP contribution in [0.5, 0.6) is 0 Å². The molecule has 0 aromatic heterocycles. The van der Waals surface area contributed by atoms with E-state index in [9.17, 15) is 5.11 Å². The van der Waals surface area contributed by atoms with Gasteiger partial charge in [-0.05, 0) is 18.3 Å². The standard InChI is InChI=1S/C9H20O/c1-6-8(7(2)10)9(3,4)5/h7-8,10H,6H2,1-5H3/t7?,8-/m0/s1. The summed E-state index contributed by atoms with van der Waals surface area (Å²) >= 11 is 0. The van der Waals surface area contributed by atoms with Crippen LogP contribution < -0.4 is 0 Å². The first kappa shape index (κ1) is 9.96. The molecule has 0 radical (unpaired) electrons. The molecule has 2 atom stereocenters.